The SMILES string of the molecule is CN(C(=S)N(c1cnc(-c2ccc(OCCCCOCC(=O)NCC(C)(C)C)cc2C(F)(F)F)c(F)c1)C(C)(C)C=O)c1ccc(C#N)c(C(F)(F)F)c1F. The molecule has 0 aliphatic rings. The predicted molar refractivity (Wildman–Crippen MR) is 192 cm³/mol. The minimum atomic E-state index is -5.26. The number of carbonyl (C=O) groups excluding carboxylic acids is 2. The van der Waals surface area contributed by atoms with Gasteiger partial charge in [-0.3, -0.25) is 9.78 Å². The van der Waals surface area contributed by atoms with E-state index in [4.69, 9.17) is 27.0 Å². The van der Waals surface area contributed by atoms with Gasteiger partial charge in [-0.2, -0.15) is 31.6 Å². The number of aldehydes is 1. The van der Waals surface area contributed by atoms with Gasteiger partial charge in [-0.1, -0.05) is 20.8 Å². The van der Waals surface area contributed by atoms with E-state index in [1.165, 1.54) is 26.0 Å². The number of nitriles is 1. The summed E-state index contributed by atoms with van der Waals surface area (Å²) in [5, 5.41) is 11.3. The zero-order valence-electron chi connectivity index (χ0n) is 30.7. The minimum absolute atomic E-state index is 0.0120. The Morgan fingerprint density at radius 1 is 0.982 bits per heavy atom. The second kappa shape index (κ2) is 17.7. The highest BCUT2D eigenvalue weighted by atomic mass is 32.1. The average molecular weight is 802 g/mol. The highest BCUT2D eigenvalue weighted by molar-refractivity contribution is 7.80. The molecule has 0 aliphatic heterocycles. The van der Waals surface area contributed by atoms with Crippen LogP contribution in [0.25, 0.3) is 11.3 Å². The number of halogens is 8. The Morgan fingerprint density at radius 3 is 2.20 bits per heavy atom. The van der Waals surface area contributed by atoms with Crippen molar-refractivity contribution in [2.45, 2.75) is 65.4 Å². The van der Waals surface area contributed by atoms with E-state index < -0.39 is 68.3 Å². The summed E-state index contributed by atoms with van der Waals surface area (Å²) < 4.78 is 126. The first-order valence-electron chi connectivity index (χ1n) is 16.6. The lowest BCUT2D eigenvalue weighted by Crippen LogP contribution is -2.54. The van der Waals surface area contributed by atoms with Crippen LogP contribution in [0.4, 0.5) is 46.5 Å². The number of hydrogen-bond acceptors (Lipinski definition) is 7. The average Bonchev–Trinajstić information content (AvgIpc) is 3.08. The van der Waals surface area contributed by atoms with Gasteiger partial charge in [0.05, 0.1) is 46.9 Å². The summed E-state index contributed by atoms with van der Waals surface area (Å²) >= 11 is 5.43. The number of hydrogen-bond donors (Lipinski definition) is 1. The van der Waals surface area contributed by atoms with Crippen molar-refractivity contribution in [1.29, 1.82) is 5.26 Å². The molecule has 3 rings (SSSR count). The van der Waals surface area contributed by atoms with E-state index in [9.17, 15) is 35.9 Å². The number of alkyl halides is 6. The van der Waals surface area contributed by atoms with Gasteiger partial charge in [-0.25, -0.2) is 8.78 Å². The van der Waals surface area contributed by atoms with Crippen molar-refractivity contribution in [2.75, 3.05) is 43.2 Å². The van der Waals surface area contributed by atoms with Crippen LogP contribution in [0.3, 0.4) is 0 Å². The van der Waals surface area contributed by atoms with Gasteiger partial charge >= 0.3 is 12.4 Å². The number of nitrogens with one attached hydrogen (secondary N) is 1. The summed E-state index contributed by atoms with van der Waals surface area (Å²) in [7, 11) is 1.07. The maximum Gasteiger partial charge on any atom is 0.420 e. The van der Waals surface area contributed by atoms with Crippen molar-refractivity contribution in [2.24, 2.45) is 5.41 Å². The number of rotatable bonds is 14. The number of ether oxygens (including phenoxy) is 2. The molecular formula is C37H39F8N5O4S. The monoisotopic (exact) mass is 801 g/mol. The van der Waals surface area contributed by atoms with Crippen molar-refractivity contribution in [1.82, 2.24) is 10.3 Å². The molecular weight excluding hydrogens is 762 g/mol. The van der Waals surface area contributed by atoms with Gasteiger partial charge < -0.3 is 29.4 Å². The third-order valence-corrected chi connectivity index (χ3v) is 8.32. The van der Waals surface area contributed by atoms with Crippen LogP contribution in [0.2, 0.25) is 0 Å². The quantitative estimate of drug-likeness (QED) is 0.0744. The Bertz CT molecular complexity index is 1920. The number of pyridine rings is 1. The number of unbranched alkanes of at least 4 members (excludes halogenated alkanes) is 1. The van der Waals surface area contributed by atoms with E-state index in [-0.39, 0.29) is 42.6 Å². The zero-order valence-corrected chi connectivity index (χ0v) is 31.5. The van der Waals surface area contributed by atoms with Crippen LogP contribution in [0.1, 0.15) is 64.2 Å². The van der Waals surface area contributed by atoms with Crippen LogP contribution in [0, 0.1) is 28.4 Å². The Balaban J connectivity index is 1.84. The molecule has 0 saturated carbocycles. The van der Waals surface area contributed by atoms with E-state index in [1.807, 2.05) is 20.8 Å². The highest BCUT2D eigenvalue weighted by Crippen LogP contribution is 2.41. The first-order valence-corrected chi connectivity index (χ1v) is 17.0. The van der Waals surface area contributed by atoms with Gasteiger partial charge in [-0.15, -0.1) is 0 Å². The zero-order chi connectivity index (χ0) is 41.5. The second-order valence-corrected chi connectivity index (χ2v) is 14.4. The third kappa shape index (κ3) is 11.6. The van der Waals surface area contributed by atoms with Crippen molar-refractivity contribution in [3.63, 3.8) is 0 Å². The van der Waals surface area contributed by atoms with Gasteiger partial charge in [0.2, 0.25) is 5.91 Å². The fraction of sp³-hybridized carbons (Fsp3) is 0.432. The molecule has 0 atom stereocenters. The molecule has 0 fully saturated rings. The van der Waals surface area contributed by atoms with Crippen LogP contribution in [-0.4, -0.2) is 61.2 Å². The first-order chi connectivity index (χ1) is 25.4. The van der Waals surface area contributed by atoms with Crippen molar-refractivity contribution in [3.05, 3.63) is 70.9 Å². The lowest BCUT2D eigenvalue weighted by atomic mass is 9.97. The fourth-order valence-electron chi connectivity index (χ4n) is 5.07. The summed E-state index contributed by atoms with van der Waals surface area (Å²) in [6, 6.07) is 6.46. The highest BCUT2D eigenvalue weighted by Gasteiger charge is 2.40. The van der Waals surface area contributed by atoms with E-state index in [1.54, 1.807) is 0 Å². The molecule has 0 radical (unpaired) electrons. The lowest BCUT2D eigenvalue weighted by Gasteiger charge is -2.39. The molecule has 1 amide bonds. The lowest BCUT2D eigenvalue weighted by molar-refractivity contribution is -0.140. The molecule has 0 aliphatic carbocycles. The number of amides is 1. The molecule has 9 nitrogen and oxygen atoms in total. The number of anilines is 2. The number of aromatic nitrogens is 1. The van der Waals surface area contributed by atoms with E-state index in [2.05, 4.69) is 10.3 Å². The van der Waals surface area contributed by atoms with Gasteiger partial charge in [-0.05, 0) is 74.7 Å². The number of benzene rings is 2. The van der Waals surface area contributed by atoms with Crippen LogP contribution < -0.4 is 19.9 Å². The fourth-order valence-corrected chi connectivity index (χ4v) is 5.51. The van der Waals surface area contributed by atoms with Crippen molar-refractivity contribution in [3.8, 4) is 23.1 Å². The molecule has 1 heterocycles. The van der Waals surface area contributed by atoms with Gasteiger partial charge in [0, 0.05) is 31.8 Å². The molecule has 1 N–H and O–H groups in total. The molecule has 0 unspecified atom stereocenters. The van der Waals surface area contributed by atoms with Gasteiger partial charge in [0.25, 0.3) is 0 Å². The van der Waals surface area contributed by atoms with Crippen LogP contribution in [-0.2, 0) is 26.7 Å². The minimum Gasteiger partial charge on any atom is -0.494 e. The maximum absolute atomic E-state index is 15.8. The second-order valence-electron chi connectivity index (χ2n) is 14.1. The first kappa shape index (κ1) is 44.5. The summed E-state index contributed by atoms with van der Waals surface area (Å²) in [4.78, 5) is 29.6. The number of carbonyl (C=O) groups is 2. The topological polar surface area (TPSA) is 108 Å². The molecule has 0 bridgehead atoms. The van der Waals surface area contributed by atoms with Crippen molar-refractivity contribution < 1.29 is 54.2 Å². The summed E-state index contributed by atoms with van der Waals surface area (Å²) in [5.41, 5.74) is -8.31. The third-order valence-electron chi connectivity index (χ3n) is 7.87. The van der Waals surface area contributed by atoms with Crippen LogP contribution in [0.5, 0.6) is 5.75 Å². The molecule has 298 valence electrons. The van der Waals surface area contributed by atoms with E-state index in [0.717, 1.165) is 47.3 Å². The number of nitrogens with zero attached hydrogens (tertiary/aromatic N) is 4. The summed E-state index contributed by atoms with van der Waals surface area (Å²) in [6.07, 6.45) is -8.15. The molecule has 2 aromatic carbocycles. The van der Waals surface area contributed by atoms with E-state index in [0.29, 0.717) is 31.7 Å². The molecule has 0 spiro atoms. The predicted octanol–water partition coefficient (Wildman–Crippen LogP) is 8.48. The van der Waals surface area contributed by atoms with Gasteiger partial charge in [0.15, 0.2) is 16.7 Å². The largest absolute Gasteiger partial charge is 0.494 e. The van der Waals surface area contributed by atoms with Crippen LogP contribution >= 0.6 is 12.2 Å². The normalized spacial score (nSPS) is 12.2. The molecule has 1 aromatic heterocycles. The molecule has 55 heavy (non-hydrogen) atoms. The number of thiocarbonyl (C=S) groups is 1. The van der Waals surface area contributed by atoms with Crippen LogP contribution in [0.15, 0.2) is 42.6 Å². The Hall–Kier alpha value is -4.89. The van der Waals surface area contributed by atoms with Gasteiger partial charge in [0.1, 0.15) is 29.9 Å². The molecule has 0 saturated heterocycles. The Labute approximate surface area is 318 Å². The smallest absolute Gasteiger partial charge is 0.420 e. The Kier molecular flexibility index (Phi) is 14.3. The Morgan fingerprint density at radius 2 is 1.64 bits per heavy atom. The maximum atomic E-state index is 15.8. The molecule has 18 heteroatoms. The summed E-state index contributed by atoms with van der Waals surface area (Å²) in [5.74, 6) is -3.56. The summed E-state index contributed by atoms with van der Waals surface area (Å²) in [6.45, 7) is 9.06. The standard InChI is InChI=1S/C37H39F8N5O4S/c1-34(2,3)20-48-29(52)19-53-13-7-8-14-54-24-10-11-25(26(16-24)36(40,41)42)32-27(38)15-23(18-47-32)50(35(4,5)21-51)33(55)49(6)28-12-9-22(17-46)30(31(28)39)37(43,44)45/h9-12,15-16,18,21H,7-8,13-14,19-20H2,1-6H3,(H,48,52). The van der Waals surface area contributed by atoms with Crippen molar-refractivity contribution >= 4 is 40.9 Å². The van der Waals surface area contributed by atoms with E-state index >= 15 is 8.78 Å². The molecule has 3 aromatic rings.